The quantitative estimate of drug-likeness (QED) is 0.821. The first kappa shape index (κ1) is 16.7. The van der Waals surface area contributed by atoms with Crippen LogP contribution in [0.3, 0.4) is 0 Å². The lowest BCUT2D eigenvalue weighted by atomic mass is 10.1. The van der Waals surface area contributed by atoms with Crippen LogP contribution in [0.15, 0.2) is 21.6 Å². The maximum atomic E-state index is 12.6. The van der Waals surface area contributed by atoms with Gasteiger partial charge in [-0.3, -0.25) is 0 Å². The lowest BCUT2D eigenvalue weighted by Crippen LogP contribution is -2.41. The van der Waals surface area contributed by atoms with Gasteiger partial charge in [0, 0.05) is 29.9 Å². The van der Waals surface area contributed by atoms with Gasteiger partial charge in [-0.25, -0.2) is 18.1 Å². The largest absolute Gasteiger partial charge is 0.378 e. The van der Waals surface area contributed by atoms with Crippen LogP contribution in [0.1, 0.15) is 26.7 Å². The Morgan fingerprint density at radius 2 is 2.29 bits per heavy atom. The zero-order valence-electron chi connectivity index (χ0n) is 12.1. The predicted octanol–water partition coefficient (Wildman–Crippen LogP) is 2.12. The number of nitrogens with one attached hydrogen (secondary N) is 2. The van der Waals surface area contributed by atoms with Crippen molar-refractivity contribution in [2.45, 2.75) is 43.7 Å². The first-order valence-electron chi connectivity index (χ1n) is 6.95. The zero-order chi connectivity index (χ0) is 15.5. The molecule has 0 radical (unpaired) electrons. The minimum Gasteiger partial charge on any atom is -0.378 e. The highest BCUT2D eigenvalue weighted by molar-refractivity contribution is 9.10. The van der Waals surface area contributed by atoms with E-state index in [9.17, 15) is 8.42 Å². The lowest BCUT2D eigenvalue weighted by molar-refractivity contribution is 0.0173. The molecule has 118 valence electrons. The summed E-state index contributed by atoms with van der Waals surface area (Å²) in [5.41, 5.74) is 0. The zero-order valence-corrected chi connectivity index (χ0v) is 14.5. The number of hydrogen-bond acceptors (Lipinski definition) is 5. The van der Waals surface area contributed by atoms with Gasteiger partial charge in [-0.2, -0.15) is 0 Å². The topological polar surface area (TPSA) is 80.3 Å². The number of pyridine rings is 1. The second-order valence-corrected chi connectivity index (χ2v) is 7.65. The van der Waals surface area contributed by atoms with Crippen LogP contribution in [-0.2, 0) is 14.8 Å². The fraction of sp³-hybridized carbons (Fsp3) is 0.615. The van der Waals surface area contributed by atoms with Crippen molar-refractivity contribution in [1.82, 2.24) is 9.71 Å². The van der Waals surface area contributed by atoms with Crippen LogP contribution in [0.4, 0.5) is 5.82 Å². The minimum atomic E-state index is -3.62. The molecule has 1 aromatic rings. The highest BCUT2D eigenvalue weighted by atomic mass is 79.9. The smallest absolute Gasteiger partial charge is 0.244 e. The van der Waals surface area contributed by atoms with Gasteiger partial charge in [0.1, 0.15) is 10.7 Å². The first-order chi connectivity index (χ1) is 9.92. The van der Waals surface area contributed by atoms with Crippen molar-refractivity contribution in [3.63, 3.8) is 0 Å². The average molecular weight is 378 g/mol. The summed E-state index contributed by atoms with van der Waals surface area (Å²) >= 11 is 3.27. The first-order valence-corrected chi connectivity index (χ1v) is 9.23. The molecule has 0 aromatic carbocycles. The van der Waals surface area contributed by atoms with Crippen LogP contribution in [0.2, 0.25) is 0 Å². The van der Waals surface area contributed by atoms with Gasteiger partial charge in [-0.05, 0) is 48.7 Å². The summed E-state index contributed by atoms with van der Waals surface area (Å²) in [5, 5.41) is 2.98. The number of rotatable bonds is 5. The van der Waals surface area contributed by atoms with Gasteiger partial charge in [0.2, 0.25) is 10.0 Å². The predicted molar refractivity (Wildman–Crippen MR) is 84.9 cm³/mol. The normalized spacial score (nSPS) is 23.0. The van der Waals surface area contributed by atoms with Gasteiger partial charge >= 0.3 is 0 Å². The lowest BCUT2D eigenvalue weighted by Gasteiger charge is -2.28. The number of sulfonamides is 1. The van der Waals surface area contributed by atoms with Crippen LogP contribution < -0.4 is 10.0 Å². The standard InChI is InChI=1S/C13H20BrN3O3S/c1-3-15-13-12(7-10(14)8-16-13)21(18,19)17-11-4-5-20-9(2)6-11/h7-9,11,17H,3-6H2,1-2H3,(H,15,16). The van der Waals surface area contributed by atoms with Gasteiger partial charge < -0.3 is 10.1 Å². The molecule has 2 unspecified atom stereocenters. The van der Waals surface area contributed by atoms with E-state index in [0.717, 1.165) is 0 Å². The van der Waals surface area contributed by atoms with Crippen molar-refractivity contribution in [3.05, 3.63) is 16.7 Å². The summed E-state index contributed by atoms with van der Waals surface area (Å²) in [6.07, 6.45) is 3.01. The van der Waals surface area contributed by atoms with Crippen LogP contribution in [0.25, 0.3) is 0 Å². The van der Waals surface area contributed by atoms with E-state index < -0.39 is 10.0 Å². The van der Waals surface area contributed by atoms with E-state index in [-0.39, 0.29) is 17.0 Å². The van der Waals surface area contributed by atoms with Crippen LogP contribution >= 0.6 is 15.9 Å². The molecule has 1 aliphatic rings. The van der Waals surface area contributed by atoms with Gasteiger partial charge in [0.05, 0.1) is 6.10 Å². The average Bonchev–Trinajstić information content (AvgIpc) is 2.40. The Labute approximate surface area is 133 Å². The Morgan fingerprint density at radius 1 is 1.52 bits per heavy atom. The van der Waals surface area contributed by atoms with E-state index >= 15 is 0 Å². The maximum Gasteiger partial charge on any atom is 0.244 e. The van der Waals surface area contributed by atoms with Crippen molar-refractivity contribution in [2.75, 3.05) is 18.5 Å². The third kappa shape index (κ3) is 4.38. The van der Waals surface area contributed by atoms with E-state index in [0.29, 0.717) is 36.3 Å². The molecular formula is C13H20BrN3O3S. The fourth-order valence-corrected chi connectivity index (χ4v) is 4.24. The van der Waals surface area contributed by atoms with Crippen molar-refractivity contribution in [2.24, 2.45) is 0 Å². The second-order valence-electron chi connectivity index (χ2n) is 5.05. The number of hydrogen-bond donors (Lipinski definition) is 2. The SMILES string of the molecule is CCNc1ncc(Br)cc1S(=O)(=O)NC1CCOC(C)C1. The monoisotopic (exact) mass is 377 g/mol. The molecule has 0 bridgehead atoms. The molecule has 0 aliphatic carbocycles. The van der Waals surface area contributed by atoms with Gasteiger partial charge in [-0.15, -0.1) is 0 Å². The Kier molecular flexibility index (Phi) is 5.59. The van der Waals surface area contributed by atoms with Crippen molar-refractivity contribution >= 4 is 31.8 Å². The van der Waals surface area contributed by atoms with Gasteiger partial charge in [0.25, 0.3) is 0 Å². The van der Waals surface area contributed by atoms with E-state index in [1.807, 2.05) is 13.8 Å². The third-order valence-corrected chi connectivity index (χ3v) is 5.23. The van der Waals surface area contributed by atoms with Crippen LogP contribution in [0, 0.1) is 0 Å². The molecule has 8 heteroatoms. The Morgan fingerprint density at radius 3 is 2.95 bits per heavy atom. The molecule has 1 aliphatic heterocycles. The van der Waals surface area contributed by atoms with Crippen LogP contribution in [0.5, 0.6) is 0 Å². The van der Waals surface area contributed by atoms with Crippen molar-refractivity contribution in [1.29, 1.82) is 0 Å². The minimum absolute atomic E-state index is 0.0697. The highest BCUT2D eigenvalue weighted by Gasteiger charge is 2.27. The van der Waals surface area contributed by atoms with Gasteiger partial charge in [0.15, 0.2) is 0 Å². The highest BCUT2D eigenvalue weighted by Crippen LogP contribution is 2.24. The molecule has 2 N–H and O–H groups in total. The second kappa shape index (κ2) is 7.04. The molecule has 0 amide bonds. The summed E-state index contributed by atoms with van der Waals surface area (Å²) < 4.78 is 34.0. The van der Waals surface area contributed by atoms with Crippen molar-refractivity contribution < 1.29 is 13.2 Å². The van der Waals surface area contributed by atoms with E-state index in [4.69, 9.17) is 4.74 Å². The molecule has 1 fully saturated rings. The van der Waals surface area contributed by atoms with Gasteiger partial charge in [-0.1, -0.05) is 0 Å². The summed E-state index contributed by atoms with van der Waals surface area (Å²) in [5.74, 6) is 0.369. The molecule has 2 heterocycles. The third-order valence-electron chi connectivity index (χ3n) is 3.26. The summed E-state index contributed by atoms with van der Waals surface area (Å²) in [6.45, 7) is 5.02. The Bertz CT molecular complexity index is 594. The number of ether oxygens (including phenoxy) is 1. The summed E-state index contributed by atoms with van der Waals surface area (Å²) in [7, 11) is -3.62. The summed E-state index contributed by atoms with van der Waals surface area (Å²) in [4.78, 5) is 4.31. The van der Waals surface area contributed by atoms with Crippen LogP contribution in [-0.4, -0.2) is 38.7 Å². The molecule has 21 heavy (non-hydrogen) atoms. The molecule has 0 saturated carbocycles. The summed E-state index contributed by atoms with van der Waals surface area (Å²) in [6, 6.07) is 1.46. The molecule has 6 nitrogen and oxygen atoms in total. The fourth-order valence-electron chi connectivity index (χ4n) is 2.31. The molecule has 1 aromatic heterocycles. The number of halogens is 1. The maximum absolute atomic E-state index is 12.6. The molecular weight excluding hydrogens is 358 g/mol. The Balaban J connectivity index is 2.24. The van der Waals surface area contributed by atoms with E-state index in [2.05, 4.69) is 31.0 Å². The van der Waals surface area contributed by atoms with E-state index in [1.54, 1.807) is 12.3 Å². The molecule has 2 atom stereocenters. The number of aromatic nitrogens is 1. The van der Waals surface area contributed by atoms with Crippen molar-refractivity contribution in [3.8, 4) is 0 Å². The molecule has 0 spiro atoms. The van der Waals surface area contributed by atoms with E-state index in [1.165, 1.54) is 0 Å². The Hall–Kier alpha value is -0.700. The number of nitrogens with zero attached hydrogens (tertiary/aromatic N) is 1. The molecule has 2 rings (SSSR count). The number of anilines is 1. The molecule has 1 saturated heterocycles.